The minimum atomic E-state index is -0.413. The minimum absolute atomic E-state index is 0.0368. The molecule has 158 valence electrons. The highest BCUT2D eigenvalue weighted by molar-refractivity contribution is 8.18. The highest BCUT2D eigenvalue weighted by atomic mass is 35.5. The van der Waals surface area contributed by atoms with Crippen LogP contribution < -0.4 is 9.47 Å². The Morgan fingerprint density at radius 2 is 1.93 bits per heavy atom. The highest BCUT2D eigenvalue weighted by Crippen LogP contribution is 2.39. The summed E-state index contributed by atoms with van der Waals surface area (Å²) in [4.78, 5) is 26.5. The number of nitrogens with zero attached hydrogens (tertiary/aromatic N) is 1. The fraction of sp³-hybridized carbons (Fsp3) is 0.273. The molecule has 0 saturated carbocycles. The molecule has 1 saturated heterocycles. The Morgan fingerprint density at radius 3 is 2.57 bits per heavy atom. The number of carbonyl (C=O) groups excluding carboxylic acids is 2. The van der Waals surface area contributed by atoms with Crippen LogP contribution in [0.1, 0.15) is 31.4 Å². The van der Waals surface area contributed by atoms with Gasteiger partial charge in [-0.25, -0.2) is 4.39 Å². The number of halogens is 2. The predicted octanol–water partition coefficient (Wildman–Crippen LogP) is 5.90. The van der Waals surface area contributed by atoms with Gasteiger partial charge in [0, 0.05) is 0 Å². The molecule has 1 atom stereocenters. The van der Waals surface area contributed by atoms with E-state index in [1.165, 1.54) is 19.2 Å². The smallest absolute Gasteiger partial charge is 0.293 e. The standard InChI is InChI=1S/C22H21ClFNO4S/c1-4-13(2)29-20-17(23)9-15(10-18(20)28-3)11-19-21(26)25(22(27)30-19)12-14-5-7-16(24)8-6-14/h5-11,13H,4,12H2,1-3H3/b19-11-/t13-/m0/s1. The monoisotopic (exact) mass is 449 g/mol. The van der Waals surface area contributed by atoms with Crippen molar-refractivity contribution in [3.05, 3.63) is 63.3 Å². The summed E-state index contributed by atoms with van der Waals surface area (Å²) in [6.45, 7) is 4.01. The molecule has 2 aromatic carbocycles. The lowest BCUT2D eigenvalue weighted by Gasteiger charge is -2.17. The first-order valence-electron chi connectivity index (χ1n) is 9.36. The zero-order chi connectivity index (χ0) is 21.8. The summed E-state index contributed by atoms with van der Waals surface area (Å²) in [5.74, 6) is 0.0957. The van der Waals surface area contributed by atoms with Gasteiger partial charge in [-0.3, -0.25) is 14.5 Å². The molecule has 8 heteroatoms. The van der Waals surface area contributed by atoms with Gasteiger partial charge >= 0.3 is 0 Å². The molecule has 30 heavy (non-hydrogen) atoms. The van der Waals surface area contributed by atoms with E-state index in [0.717, 1.165) is 23.1 Å². The number of ether oxygens (including phenoxy) is 2. The molecule has 0 aromatic heterocycles. The van der Waals surface area contributed by atoms with E-state index in [-0.39, 0.29) is 28.6 Å². The van der Waals surface area contributed by atoms with Gasteiger partial charge in [0.25, 0.3) is 11.1 Å². The Hall–Kier alpha value is -2.51. The van der Waals surface area contributed by atoms with Crippen LogP contribution in [0.4, 0.5) is 9.18 Å². The summed E-state index contributed by atoms with van der Waals surface area (Å²) >= 11 is 7.23. The van der Waals surface area contributed by atoms with Crippen molar-refractivity contribution < 1.29 is 23.5 Å². The number of thioether (sulfide) groups is 1. The van der Waals surface area contributed by atoms with Crippen LogP contribution in [0, 0.1) is 5.82 Å². The van der Waals surface area contributed by atoms with Gasteiger partial charge < -0.3 is 9.47 Å². The molecule has 1 heterocycles. The van der Waals surface area contributed by atoms with Crippen LogP contribution in [0.15, 0.2) is 41.3 Å². The summed E-state index contributed by atoms with van der Waals surface area (Å²) < 4.78 is 24.3. The van der Waals surface area contributed by atoms with Crippen molar-refractivity contribution >= 4 is 40.6 Å². The van der Waals surface area contributed by atoms with E-state index >= 15 is 0 Å². The SMILES string of the molecule is CC[C@H](C)Oc1c(Cl)cc(/C=C2\SC(=O)N(Cc3ccc(F)cc3)C2=O)cc1OC. The largest absolute Gasteiger partial charge is 0.493 e. The molecule has 0 bridgehead atoms. The van der Waals surface area contributed by atoms with E-state index in [0.29, 0.717) is 27.6 Å². The maximum Gasteiger partial charge on any atom is 0.293 e. The first kappa shape index (κ1) is 22.2. The lowest BCUT2D eigenvalue weighted by atomic mass is 10.1. The Kier molecular flexibility index (Phi) is 7.05. The van der Waals surface area contributed by atoms with Gasteiger partial charge in [0.2, 0.25) is 0 Å². The molecule has 1 fully saturated rings. The lowest BCUT2D eigenvalue weighted by Crippen LogP contribution is -2.27. The van der Waals surface area contributed by atoms with E-state index < -0.39 is 5.91 Å². The third-order valence-corrected chi connectivity index (χ3v) is 5.76. The number of methoxy groups -OCH3 is 1. The summed E-state index contributed by atoms with van der Waals surface area (Å²) in [6, 6.07) is 9.04. The Labute approximate surface area is 183 Å². The molecule has 0 N–H and O–H groups in total. The number of carbonyl (C=O) groups is 2. The second-order valence-corrected chi connectivity index (χ2v) is 8.17. The molecule has 0 unspecified atom stereocenters. The third kappa shape index (κ3) is 4.96. The van der Waals surface area contributed by atoms with Gasteiger partial charge in [0.1, 0.15) is 5.82 Å². The minimum Gasteiger partial charge on any atom is -0.493 e. The Balaban J connectivity index is 1.84. The second kappa shape index (κ2) is 9.53. The number of amides is 2. The van der Waals surface area contributed by atoms with Crippen molar-refractivity contribution in [1.29, 1.82) is 0 Å². The maximum atomic E-state index is 13.1. The molecule has 5 nitrogen and oxygen atoms in total. The molecule has 1 aliphatic heterocycles. The van der Waals surface area contributed by atoms with Gasteiger partial charge in [0.15, 0.2) is 11.5 Å². The van der Waals surface area contributed by atoms with Crippen molar-refractivity contribution in [2.75, 3.05) is 7.11 Å². The molecule has 1 aliphatic rings. The van der Waals surface area contributed by atoms with Crippen LogP contribution in [0.25, 0.3) is 6.08 Å². The van der Waals surface area contributed by atoms with Gasteiger partial charge in [-0.2, -0.15) is 0 Å². The quantitative estimate of drug-likeness (QED) is 0.492. The number of hydrogen-bond acceptors (Lipinski definition) is 5. The van der Waals surface area contributed by atoms with E-state index in [4.69, 9.17) is 21.1 Å². The van der Waals surface area contributed by atoms with Crippen molar-refractivity contribution in [1.82, 2.24) is 4.90 Å². The fourth-order valence-corrected chi connectivity index (χ4v) is 3.88. The molecular weight excluding hydrogens is 429 g/mol. The highest BCUT2D eigenvalue weighted by Gasteiger charge is 2.35. The van der Waals surface area contributed by atoms with E-state index in [1.54, 1.807) is 30.3 Å². The Bertz CT molecular complexity index is 993. The fourth-order valence-electron chi connectivity index (χ4n) is 2.78. The van der Waals surface area contributed by atoms with Crippen LogP contribution >= 0.6 is 23.4 Å². The topological polar surface area (TPSA) is 55.8 Å². The zero-order valence-corrected chi connectivity index (χ0v) is 18.3. The van der Waals surface area contributed by atoms with Gasteiger partial charge in [-0.1, -0.05) is 30.7 Å². The average molecular weight is 450 g/mol. The van der Waals surface area contributed by atoms with E-state index in [9.17, 15) is 14.0 Å². The Morgan fingerprint density at radius 1 is 1.23 bits per heavy atom. The van der Waals surface area contributed by atoms with Crippen LogP contribution in [-0.2, 0) is 11.3 Å². The number of hydrogen-bond donors (Lipinski definition) is 0. The number of imide groups is 1. The molecule has 3 rings (SSSR count). The third-order valence-electron chi connectivity index (χ3n) is 4.57. The predicted molar refractivity (Wildman–Crippen MR) is 116 cm³/mol. The second-order valence-electron chi connectivity index (χ2n) is 6.77. The molecule has 0 radical (unpaired) electrons. The van der Waals surface area contributed by atoms with Crippen molar-refractivity contribution in [2.45, 2.75) is 32.9 Å². The number of benzene rings is 2. The molecule has 2 amide bonds. The van der Waals surface area contributed by atoms with Crippen LogP contribution in [0.5, 0.6) is 11.5 Å². The molecule has 0 spiro atoms. The summed E-state index contributed by atoms with van der Waals surface area (Å²) in [6.07, 6.45) is 2.37. The van der Waals surface area contributed by atoms with Crippen LogP contribution in [0.2, 0.25) is 5.02 Å². The van der Waals surface area contributed by atoms with Gasteiger partial charge in [-0.05, 0) is 66.6 Å². The molecule has 2 aromatic rings. The van der Waals surface area contributed by atoms with Gasteiger partial charge in [-0.15, -0.1) is 0 Å². The van der Waals surface area contributed by atoms with Crippen LogP contribution in [0.3, 0.4) is 0 Å². The first-order chi connectivity index (χ1) is 14.3. The summed E-state index contributed by atoms with van der Waals surface area (Å²) in [7, 11) is 1.51. The van der Waals surface area contributed by atoms with Gasteiger partial charge in [0.05, 0.1) is 29.7 Å². The van der Waals surface area contributed by atoms with Crippen molar-refractivity contribution in [2.24, 2.45) is 0 Å². The lowest BCUT2D eigenvalue weighted by molar-refractivity contribution is -0.123. The normalized spacial score (nSPS) is 16.3. The van der Waals surface area contributed by atoms with Crippen molar-refractivity contribution in [3.8, 4) is 11.5 Å². The van der Waals surface area contributed by atoms with Crippen molar-refractivity contribution in [3.63, 3.8) is 0 Å². The first-order valence-corrected chi connectivity index (χ1v) is 10.6. The molecular formula is C22H21ClFNO4S. The summed E-state index contributed by atoms with van der Waals surface area (Å²) in [5.41, 5.74) is 1.27. The molecule has 0 aliphatic carbocycles. The van der Waals surface area contributed by atoms with E-state index in [1.807, 2.05) is 13.8 Å². The number of rotatable bonds is 7. The summed E-state index contributed by atoms with van der Waals surface area (Å²) in [5, 5.41) is -0.0307. The van der Waals surface area contributed by atoms with Crippen LogP contribution in [-0.4, -0.2) is 29.3 Å². The zero-order valence-electron chi connectivity index (χ0n) is 16.8. The maximum absolute atomic E-state index is 13.1. The average Bonchev–Trinajstić information content (AvgIpc) is 2.98. The van der Waals surface area contributed by atoms with E-state index in [2.05, 4.69) is 0 Å².